The van der Waals surface area contributed by atoms with Crippen LogP contribution in [0, 0.1) is 0 Å². The van der Waals surface area contributed by atoms with Crippen LogP contribution in [-0.2, 0) is 26.0 Å². The van der Waals surface area contributed by atoms with Crippen LogP contribution >= 0.6 is 0 Å². The van der Waals surface area contributed by atoms with Gasteiger partial charge in [-0.3, -0.25) is 9.10 Å². The van der Waals surface area contributed by atoms with E-state index >= 15 is 0 Å². The lowest BCUT2D eigenvalue weighted by molar-refractivity contribution is -0.138. The minimum absolute atomic E-state index is 0.0238. The third-order valence-corrected chi connectivity index (χ3v) is 5.04. The summed E-state index contributed by atoms with van der Waals surface area (Å²) < 4.78 is 30.6. The molecule has 21 heavy (non-hydrogen) atoms. The molecule has 0 aromatic heterocycles. The molecule has 0 radical (unpaired) electrons. The smallest absolute Gasteiger partial charge is 0.326 e. The van der Waals surface area contributed by atoms with Crippen molar-refractivity contribution in [2.24, 2.45) is 0 Å². The molecule has 0 fully saturated rings. The normalized spacial score (nSPS) is 11.2. The van der Waals surface area contributed by atoms with E-state index in [0.717, 1.165) is 22.7 Å². The number of sulfonamides is 1. The van der Waals surface area contributed by atoms with E-state index in [1.165, 1.54) is 7.11 Å². The van der Waals surface area contributed by atoms with Gasteiger partial charge in [-0.05, 0) is 30.5 Å². The summed E-state index contributed by atoms with van der Waals surface area (Å²) in [5.41, 5.74) is 1.61. The molecule has 0 unspecified atom stereocenters. The monoisotopic (exact) mass is 313 g/mol. The van der Waals surface area contributed by atoms with Gasteiger partial charge in [0.05, 0.1) is 18.6 Å². The number of carbonyl (C=O) groups is 1. The third kappa shape index (κ3) is 5.04. The van der Waals surface area contributed by atoms with Crippen LogP contribution in [0.15, 0.2) is 24.3 Å². The van der Waals surface area contributed by atoms with Gasteiger partial charge < -0.3 is 4.74 Å². The zero-order valence-electron chi connectivity index (χ0n) is 12.8. The number of anilines is 1. The molecule has 1 aromatic rings. The highest BCUT2D eigenvalue weighted by atomic mass is 32.2. The first kappa shape index (κ1) is 17.5. The van der Waals surface area contributed by atoms with Crippen molar-refractivity contribution >= 4 is 21.7 Å². The van der Waals surface area contributed by atoms with Crippen molar-refractivity contribution in [3.05, 3.63) is 29.8 Å². The summed E-state index contributed by atoms with van der Waals surface area (Å²) in [6.45, 7) is 3.66. The highest BCUT2D eigenvalue weighted by Crippen LogP contribution is 2.20. The van der Waals surface area contributed by atoms with Crippen LogP contribution in [0.4, 0.5) is 5.69 Å². The Morgan fingerprint density at radius 2 is 1.81 bits per heavy atom. The number of ether oxygens (including phenoxy) is 1. The van der Waals surface area contributed by atoms with Crippen LogP contribution in [0.2, 0.25) is 0 Å². The van der Waals surface area contributed by atoms with Gasteiger partial charge in [0.2, 0.25) is 10.0 Å². The van der Waals surface area contributed by atoms with Crippen LogP contribution in [0.3, 0.4) is 0 Å². The highest BCUT2D eigenvalue weighted by Gasteiger charge is 2.24. The molecule has 6 heteroatoms. The Morgan fingerprint density at radius 3 is 2.29 bits per heavy atom. The summed E-state index contributed by atoms with van der Waals surface area (Å²) >= 11 is 0. The fraction of sp³-hybridized carbons (Fsp3) is 0.533. The first-order valence-electron chi connectivity index (χ1n) is 7.10. The fourth-order valence-electron chi connectivity index (χ4n) is 1.87. The molecule has 118 valence electrons. The number of hydrogen-bond acceptors (Lipinski definition) is 4. The van der Waals surface area contributed by atoms with E-state index in [0.29, 0.717) is 12.1 Å². The Kier molecular flexibility index (Phi) is 6.68. The van der Waals surface area contributed by atoms with Gasteiger partial charge in [-0.1, -0.05) is 32.4 Å². The number of methoxy groups -OCH3 is 1. The topological polar surface area (TPSA) is 63.7 Å². The molecule has 0 aliphatic carbocycles. The molecule has 5 nitrogen and oxygen atoms in total. The molecule has 0 N–H and O–H groups in total. The molecule has 0 spiro atoms. The fourth-order valence-corrected chi connectivity index (χ4v) is 3.49. The van der Waals surface area contributed by atoms with Crippen LogP contribution in [0.25, 0.3) is 0 Å². The van der Waals surface area contributed by atoms with E-state index in [1.807, 2.05) is 26.0 Å². The van der Waals surface area contributed by atoms with Crippen LogP contribution < -0.4 is 4.31 Å². The summed E-state index contributed by atoms with van der Waals surface area (Å²) in [7, 11) is -2.28. The maximum Gasteiger partial charge on any atom is 0.326 e. The SMILES string of the molecule is CCCCS(=O)(=O)N(CC(=O)OC)c1ccc(CC)cc1. The van der Waals surface area contributed by atoms with Crippen molar-refractivity contribution in [3.8, 4) is 0 Å². The number of esters is 1. The van der Waals surface area contributed by atoms with E-state index in [4.69, 9.17) is 0 Å². The maximum absolute atomic E-state index is 12.4. The van der Waals surface area contributed by atoms with Gasteiger partial charge in [-0.25, -0.2) is 8.42 Å². The Morgan fingerprint density at radius 1 is 1.19 bits per heavy atom. The van der Waals surface area contributed by atoms with Crippen molar-refractivity contribution in [2.45, 2.75) is 33.1 Å². The lowest BCUT2D eigenvalue weighted by Crippen LogP contribution is -2.37. The number of aryl methyl sites for hydroxylation is 1. The van der Waals surface area contributed by atoms with Gasteiger partial charge >= 0.3 is 5.97 Å². The highest BCUT2D eigenvalue weighted by molar-refractivity contribution is 7.92. The first-order chi connectivity index (χ1) is 9.94. The third-order valence-electron chi connectivity index (χ3n) is 3.22. The second kappa shape index (κ2) is 8.02. The van der Waals surface area contributed by atoms with Crippen molar-refractivity contribution < 1.29 is 17.9 Å². The number of carbonyl (C=O) groups excluding carboxylic acids is 1. The average molecular weight is 313 g/mol. The summed E-state index contributed by atoms with van der Waals surface area (Å²) in [6, 6.07) is 7.19. The van der Waals surface area contributed by atoms with Crippen molar-refractivity contribution in [1.29, 1.82) is 0 Å². The zero-order chi connectivity index (χ0) is 15.9. The molecular weight excluding hydrogens is 290 g/mol. The molecule has 0 aliphatic heterocycles. The van der Waals surface area contributed by atoms with Crippen LogP contribution in [0.1, 0.15) is 32.3 Å². The zero-order valence-corrected chi connectivity index (χ0v) is 13.6. The van der Waals surface area contributed by atoms with Gasteiger partial charge in [0, 0.05) is 0 Å². The van der Waals surface area contributed by atoms with Crippen LogP contribution in [-0.4, -0.2) is 33.8 Å². The summed E-state index contributed by atoms with van der Waals surface area (Å²) in [6.07, 6.45) is 2.22. The van der Waals surface area contributed by atoms with E-state index < -0.39 is 16.0 Å². The van der Waals surface area contributed by atoms with Crippen molar-refractivity contribution in [3.63, 3.8) is 0 Å². The second-order valence-electron chi connectivity index (χ2n) is 4.77. The van der Waals surface area contributed by atoms with E-state index in [1.54, 1.807) is 12.1 Å². The van der Waals surface area contributed by atoms with Crippen molar-refractivity contribution in [1.82, 2.24) is 0 Å². The van der Waals surface area contributed by atoms with E-state index in [-0.39, 0.29) is 12.3 Å². The molecule has 0 heterocycles. The molecule has 1 rings (SSSR count). The molecule has 0 bridgehead atoms. The lowest BCUT2D eigenvalue weighted by Gasteiger charge is -2.23. The molecule has 0 saturated heterocycles. The average Bonchev–Trinajstić information content (AvgIpc) is 2.50. The quantitative estimate of drug-likeness (QED) is 0.691. The Balaban J connectivity index is 3.08. The predicted molar refractivity (Wildman–Crippen MR) is 83.9 cm³/mol. The number of nitrogens with zero attached hydrogens (tertiary/aromatic N) is 1. The summed E-state index contributed by atoms with van der Waals surface area (Å²) in [5.74, 6) is -0.551. The minimum Gasteiger partial charge on any atom is -0.468 e. The Hall–Kier alpha value is -1.56. The molecule has 0 atom stereocenters. The molecule has 0 amide bonds. The Labute approximate surface area is 127 Å². The van der Waals surface area contributed by atoms with Crippen LogP contribution in [0.5, 0.6) is 0 Å². The van der Waals surface area contributed by atoms with E-state index in [9.17, 15) is 13.2 Å². The second-order valence-corrected chi connectivity index (χ2v) is 6.79. The van der Waals surface area contributed by atoms with Gasteiger partial charge in [-0.2, -0.15) is 0 Å². The van der Waals surface area contributed by atoms with Crippen molar-refractivity contribution in [2.75, 3.05) is 23.7 Å². The standard InChI is InChI=1S/C15H23NO4S/c1-4-6-11-21(18,19)16(12-15(17)20-3)14-9-7-13(5-2)8-10-14/h7-10H,4-6,11-12H2,1-3H3. The maximum atomic E-state index is 12.4. The van der Waals surface area contributed by atoms with Gasteiger partial charge in [0.1, 0.15) is 6.54 Å². The predicted octanol–water partition coefficient (Wildman–Crippen LogP) is 2.36. The number of benzene rings is 1. The summed E-state index contributed by atoms with van der Waals surface area (Å²) in [5, 5.41) is 0. The number of hydrogen-bond donors (Lipinski definition) is 0. The largest absolute Gasteiger partial charge is 0.468 e. The van der Waals surface area contributed by atoms with E-state index in [2.05, 4.69) is 4.74 Å². The number of rotatable bonds is 8. The lowest BCUT2D eigenvalue weighted by atomic mass is 10.1. The molecule has 0 saturated carbocycles. The number of unbranched alkanes of at least 4 members (excludes halogenated alkanes) is 1. The molecular formula is C15H23NO4S. The van der Waals surface area contributed by atoms with Gasteiger partial charge in [0.25, 0.3) is 0 Å². The van der Waals surface area contributed by atoms with Gasteiger partial charge in [0.15, 0.2) is 0 Å². The minimum atomic E-state index is -3.53. The molecule has 0 aliphatic rings. The Bertz CT molecular complexity index is 552. The summed E-state index contributed by atoms with van der Waals surface area (Å²) in [4.78, 5) is 11.5. The van der Waals surface area contributed by atoms with Gasteiger partial charge in [-0.15, -0.1) is 0 Å². The first-order valence-corrected chi connectivity index (χ1v) is 8.71. The molecule has 1 aromatic carbocycles.